The Morgan fingerprint density at radius 3 is 0.917 bits per heavy atom. The van der Waals surface area contributed by atoms with Crippen LogP contribution < -0.4 is 5.32 Å². The molecule has 4 nitrogen and oxygen atoms in total. The van der Waals surface area contributed by atoms with E-state index in [1.165, 1.54) is 0 Å². The van der Waals surface area contributed by atoms with E-state index in [4.69, 9.17) is 14.2 Å². The molecule has 0 fully saturated rings. The van der Waals surface area contributed by atoms with Gasteiger partial charge in [0.15, 0.2) is 0 Å². The van der Waals surface area contributed by atoms with Crippen LogP contribution in [0, 0.1) is 0 Å². The quantitative estimate of drug-likeness (QED) is 0.734. The fourth-order valence-electron chi connectivity index (χ4n) is 2.09. The van der Waals surface area contributed by atoms with Crippen molar-refractivity contribution in [1.82, 2.24) is 5.32 Å². The van der Waals surface area contributed by atoms with Gasteiger partial charge in [0.25, 0.3) is 0 Å². The summed E-state index contributed by atoms with van der Waals surface area (Å²) in [5.41, 5.74) is -1.13. The van der Waals surface area contributed by atoms with Gasteiger partial charge in [-0.05, 0) is 83.1 Å². The summed E-state index contributed by atoms with van der Waals surface area (Å²) in [4.78, 5) is 0. The lowest BCUT2D eigenvalue weighted by Gasteiger charge is -2.43. The largest absolute Gasteiger partial charge is 0.374 e. The van der Waals surface area contributed by atoms with Crippen LogP contribution in [-0.4, -0.2) is 47.7 Å². The zero-order valence-electron chi connectivity index (χ0n) is 18.3. The third kappa shape index (κ3) is 13.2. The molecule has 146 valence electrons. The topological polar surface area (TPSA) is 39.7 Å². The van der Waals surface area contributed by atoms with Crippen molar-refractivity contribution in [2.75, 3.05) is 19.8 Å². The molecule has 0 unspecified atom stereocenters. The molecule has 0 atom stereocenters. The second-order valence-corrected chi connectivity index (χ2v) is 10.9. The average Bonchev–Trinajstić information content (AvgIpc) is 2.26. The van der Waals surface area contributed by atoms with Crippen LogP contribution in [0.25, 0.3) is 0 Å². The molecule has 0 aromatic carbocycles. The first-order valence-corrected chi connectivity index (χ1v) is 9.04. The Bertz CT molecular complexity index is 319. The average molecular weight is 346 g/mol. The van der Waals surface area contributed by atoms with Crippen LogP contribution in [0.1, 0.15) is 83.1 Å². The summed E-state index contributed by atoms with van der Waals surface area (Å²) in [6.07, 6.45) is 0. The highest BCUT2D eigenvalue weighted by molar-refractivity contribution is 4.95. The molecule has 0 aliphatic carbocycles. The first-order chi connectivity index (χ1) is 10.3. The van der Waals surface area contributed by atoms with Crippen molar-refractivity contribution in [3.05, 3.63) is 0 Å². The molecule has 0 bridgehead atoms. The van der Waals surface area contributed by atoms with Crippen molar-refractivity contribution < 1.29 is 14.2 Å². The van der Waals surface area contributed by atoms with E-state index in [2.05, 4.69) is 88.4 Å². The van der Waals surface area contributed by atoms with E-state index < -0.39 is 5.54 Å². The summed E-state index contributed by atoms with van der Waals surface area (Å²) >= 11 is 0. The molecule has 24 heavy (non-hydrogen) atoms. The maximum atomic E-state index is 6.15. The van der Waals surface area contributed by atoms with Crippen LogP contribution in [0.5, 0.6) is 0 Å². The van der Waals surface area contributed by atoms with Crippen molar-refractivity contribution in [2.45, 2.75) is 111 Å². The van der Waals surface area contributed by atoms with Crippen molar-refractivity contribution in [1.29, 1.82) is 0 Å². The van der Waals surface area contributed by atoms with Gasteiger partial charge in [-0.25, -0.2) is 0 Å². The Hall–Kier alpha value is -0.160. The highest BCUT2D eigenvalue weighted by Crippen LogP contribution is 2.22. The highest BCUT2D eigenvalue weighted by Gasteiger charge is 2.38. The summed E-state index contributed by atoms with van der Waals surface area (Å²) < 4.78 is 18.4. The van der Waals surface area contributed by atoms with Gasteiger partial charge in [0.2, 0.25) is 0 Å². The van der Waals surface area contributed by atoms with E-state index in [1.54, 1.807) is 0 Å². The van der Waals surface area contributed by atoms with E-state index in [0.29, 0.717) is 19.8 Å². The van der Waals surface area contributed by atoms with Gasteiger partial charge in [0.05, 0.1) is 42.2 Å². The van der Waals surface area contributed by atoms with E-state index in [9.17, 15) is 0 Å². The Kier molecular flexibility index (Phi) is 7.97. The number of hydrogen-bond acceptors (Lipinski definition) is 4. The number of hydrogen-bond donors (Lipinski definition) is 1. The molecule has 0 radical (unpaired) electrons. The van der Waals surface area contributed by atoms with Crippen molar-refractivity contribution in [3.63, 3.8) is 0 Å². The molecule has 0 heterocycles. The van der Waals surface area contributed by atoms with Crippen molar-refractivity contribution in [3.8, 4) is 0 Å². The fraction of sp³-hybridized carbons (Fsp3) is 1.00. The van der Waals surface area contributed by atoms with Crippen LogP contribution in [0.4, 0.5) is 0 Å². The normalized spacial score (nSPS) is 15.0. The molecule has 0 saturated heterocycles. The van der Waals surface area contributed by atoms with E-state index in [1.807, 2.05) is 0 Å². The minimum atomic E-state index is -0.411. The van der Waals surface area contributed by atoms with Crippen LogP contribution in [0.2, 0.25) is 0 Å². The number of rotatable bonds is 7. The van der Waals surface area contributed by atoms with Crippen LogP contribution in [0.3, 0.4) is 0 Å². The maximum Gasteiger partial charge on any atom is 0.0894 e. The standard InChI is InChI=1S/C20H43NO3/c1-16(2,3)21-20(13-22-17(4,5)6,14-23-18(7,8)9)15-24-19(10,11)12/h21H,13-15H2,1-12H3. The zero-order valence-corrected chi connectivity index (χ0v) is 18.3. The smallest absolute Gasteiger partial charge is 0.0894 e. The van der Waals surface area contributed by atoms with Gasteiger partial charge >= 0.3 is 0 Å². The molecule has 0 amide bonds. The minimum Gasteiger partial charge on any atom is -0.374 e. The minimum absolute atomic E-state index is 0.0796. The molecule has 0 rings (SSSR count). The molecule has 0 aromatic heterocycles. The lowest BCUT2D eigenvalue weighted by Crippen LogP contribution is -2.64. The molecule has 0 aliphatic heterocycles. The Morgan fingerprint density at radius 2 is 0.750 bits per heavy atom. The molecule has 0 aliphatic rings. The molecule has 1 N–H and O–H groups in total. The first kappa shape index (κ1) is 23.8. The molecule has 0 saturated carbocycles. The monoisotopic (exact) mass is 345 g/mol. The first-order valence-electron chi connectivity index (χ1n) is 9.04. The molecule has 0 aromatic rings. The van der Waals surface area contributed by atoms with Gasteiger partial charge in [-0.3, -0.25) is 0 Å². The van der Waals surface area contributed by atoms with E-state index >= 15 is 0 Å². The number of nitrogens with one attached hydrogen (secondary N) is 1. The molecular weight excluding hydrogens is 302 g/mol. The second-order valence-electron chi connectivity index (χ2n) is 10.9. The molecule has 4 heteroatoms. The van der Waals surface area contributed by atoms with Gasteiger partial charge in [-0.15, -0.1) is 0 Å². The summed E-state index contributed by atoms with van der Waals surface area (Å²) in [5, 5.41) is 3.71. The SMILES string of the molecule is CC(C)(C)NC(COC(C)(C)C)(COC(C)(C)C)COC(C)(C)C. The van der Waals surface area contributed by atoms with Gasteiger partial charge in [-0.2, -0.15) is 0 Å². The van der Waals surface area contributed by atoms with E-state index in [-0.39, 0.29) is 22.3 Å². The van der Waals surface area contributed by atoms with Crippen LogP contribution in [-0.2, 0) is 14.2 Å². The summed E-state index contributed by atoms with van der Waals surface area (Å²) in [6.45, 7) is 26.7. The maximum absolute atomic E-state index is 6.15. The Balaban J connectivity index is 5.44. The fourth-order valence-corrected chi connectivity index (χ4v) is 2.09. The van der Waals surface area contributed by atoms with Crippen molar-refractivity contribution >= 4 is 0 Å². The van der Waals surface area contributed by atoms with Crippen molar-refractivity contribution in [2.24, 2.45) is 0 Å². The summed E-state index contributed by atoms with van der Waals surface area (Å²) in [6, 6.07) is 0. The lowest BCUT2D eigenvalue weighted by molar-refractivity contribution is -0.130. The predicted molar refractivity (Wildman–Crippen MR) is 103 cm³/mol. The second kappa shape index (κ2) is 8.03. The van der Waals surface area contributed by atoms with Crippen LogP contribution >= 0.6 is 0 Å². The van der Waals surface area contributed by atoms with E-state index in [0.717, 1.165) is 0 Å². The van der Waals surface area contributed by atoms with Gasteiger partial charge in [0.1, 0.15) is 0 Å². The third-order valence-electron chi connectivity index (χ3n) is 2.98. The summed E-state index contributed by atoms with van der Waals surface area (Å²) in [7, 11) is 0. The Labute approximate surface area is 151 Å². The zero-order chi connectivity index (χ0) is 19.4. The highest BCUT2D eigenvalue weighted by atomic mass is 16.5. The van der Waals surface area contributed by atoms with Crippen LogP contribution in [0.15, 0.2) is 0 Å². The summed E-state index contributed by atoms with van der Waals surface area (Å²) in [5.74, 6) is 0. The van der Waals surface area contributed by atoms with Gasteiger partial charge in [-0.1, -0.05) is 0 Å². The Morgan fingerprint density at radius 1 is 0.500 bits per heavy atom. The van der Waals surface area contributed by atoms with Gasteiger partial charge < -0.3 is 19.5 Å². The van der Waals surface area contributed by atoms with Gasteiger partial charge in [0, 0.05) is 5.54 Å². The molecule has 0 spiro atoms. The predicted octanol–water partition coefficient (Wildman–Crippen LogP) is 4.56. The number of ether oxygens (including phenoxy) is 3. The lowest BCUT2D eigenvalue weighted by atomic mass is 9.95. The third-order valence-corrected chi connectivity index (χ3v) is 2.98. The molecular formula is C20H43NO3.